The number of nitriles is 1. The van der Waals surface area contributed by atoms with E-state index in [1.807, 2.05) is 0 Å². The molecule has 16 heavy (non-hydrogen) atoms. The van der Waals surface area contributed by atoms with Crippen molar-refractivity contribution in [2.24, 2.45) is 7.05 Å². The van der Waals surface area contributed by atoms with Crippen LogP contribution in [0.1, 0.15) is 5.56 Å². The highest BCUT2D eigenvalue weighted by molar-refractivity contribution is 5.45. The van der Waals surface area contributed by atoms with Crippen molar-refractivity contribution in [2.45, 2.75) is 0 Å². The van der Waals surface area contributed by atoms with Crippen LogP contribution in [0.4, 0.5) is 4.39 Å². The van der Waals surface area contributed by atoms with Crippen LogP contribution in [0.25, 0.3) is 0 Å². The van der Waals surface area contributed by atoms with E-state index in [2.05, 4.69) is 5.10 Å². The molecule has 0 fully saturated rings. The van der Waals surface area contributed by atoms with Gasteiger partial charge in [-0.15, -0.1) is 0 Å². The largest absolute Gasteiger partial charge is 0.453 e. The molecule has 5 heteroatoms. The topological polar surface area (TPSA) is 50.8 Å². The molecule has 0 aliphatic heterocycles. The molecule has 2 rings (SSSR count). The van der Waals surface area contributed by atoms with E-state index in [9.17, 15) is 4.39 Å². The van der Waals surface area contributed by atoms with Crippen molar-refractivity contribution in [2.75, 3.05) is 0 Å². The average Bonchev–Trinajstić information content (AvgIpc) is 2.64. The summed E-state index contributed by atoms with van der Waals surface area (Å²) in [5, 5.41) is 12.7. The monoisotopic (exact) mass is 217 g/mol. The van der Waals surface area contributed by atoms with Crippen molar-refractivity contribution in [1.29, 1.82) is 5.26 Å². The number of halogens is 1. The summed E-state index contributed by atoms with van der Waals surface area (Å²) in [6, 6.07) is 6.00. The molecule has 4 nitrogen and oxygen atoms in total. The second-order valence-electron chi connectivity index (χ2n) is 3.18. The third kappa shape index (κ3) is 1.86. The Labute approximate surface area is 91.5 Å². The van der Waals surface area contributed by atoms with Gasteiger partial charge in [0.05, 0.1) is 12.4 Å². The van der Waals surface area contributed by atoms with Gasteiger partial charge in [0.15, 0.2) is 5.75 Å². The van der Waals surface area contributed by atoms with Gasteiger partial charge in [-0.05, 0) is 12.1 Å². The molecule has 0 N–H and O–H groups in total. The van der Waals surface area contributed by atoms with Gasteiger partial charge in [-0.25, -0.2) is 4.39 Å². The van der Waals surface area contributed by atoms with Crippen LogP contribution >= 0.6 is 0 Å². The predicted molar refractivity (Wildman–Crippen MR) is 54.4 cm³/mol. The van der Waals surface area contributed by atoms with Gasteiger partial charge in [-0.2, -0.15) is 10.4 Å². The standard InChI is InChI=1S/C11H8FN3O/c1-15-7-8(6-14-15)16-11-4-2-3-10(12)9(11)5-13/h2-4,6-7H,1H3. The molecule has 0 saturated heterocycles. The summed E-state index contributed by atoms with van der Waals surface area (Å²) >= 11 is 0. The Morgan fingerprint density at radius 3 is 2.94 bits per heavy atom. The zero-order valence-corrected chi connectivity index (χ0v) is 8.51. The van der Waals surface area contributed by atoms with Gasteiger partial charge in [0.1, 0.15) is 23.2 Å². The van der Waals surface area contributed by atoms with Gasteiger partial charge >= 0.3 is 0 Å². The fraction of sp³-hybridized carbons (Fsp3) is 0.0909. The molecule has 0 bridgehead atoms. The first-order chi connectivity index (χ1) is 7.70. The van der Waals surface area contributed by atoms with Crippen molar-refractivity contribution in [1.82, 2.24) is 9.78 Å². The summed E-state index contributed by atoms with van der Waals surface area (Å²) in [5.41, 5.74) is -0.105. The Morgan fingerprint density at radius 1 is 1.50 bits per heavy atom. The molecule has 0 unspecified atom stereocenters. The van der Waals surface area contributed by atoms with Crippen molar-refractivity contribution in [3.05, 3.63) is 42.0 Å². The van der Waals surface area contributed by atoms with Gasteiger partial charge in [0.25, 0.3) is 0 Å². The van der Waals surface area contributed by atoms with Crippen molar-refractivity contribution in [3.63, 3.8) is 0 Å². The van der Waals surface area contributed by atoms with Gasteiger partial charge < -0.3 is 4.74 Å². The molecular weight excluding hydrogens is 209 g/mol. The Balaban J connectivity index is 2.35. The lowest BCUT2D eigenvalue weighted by Gasteiger charge is -2.04. The molecule has 0 amide bonds. The van der Waals surface area contributed by atoms with Crippen LogP contribution in [0.5, 0.6) is 11.5 Å². The minimum absolute atomic E-state index is 0.105. The minimum atomic E-state index is -0.594. The highest BCUT2D eigenvalue weighted by atomic mass is 19.1. The smallest absolute Gasteiger partial charge is 0.165 e. The Morgan fingerprint density at radius 2 is 2.31 bits per heavy atom. The van der Waals surface area contributed by atoms with Crippen molar-refractivity contribution < 1.29 is 9.13 Å². The summed E-state index contributed by atoms with van der Waals surface area (Å²) in [4.78, 5) is 0. The highest BCUT2D eigenvalue weighted by Gasteiger charge is 2.10. The maximum absolute atomic E-state index is 13.2. The number of hydrogen-bond donors (Lipinski definition) is 0. The quantitative estimate of drug-likeness (QED) is 0.775. The number of aryl methyl sites for hydroxylation is 1. The van der Waals surface area contributed by atoms with E-state index >= 15 is 0 Å². The number of aromatic nitrogens is 2. The van der Waals surface area contributed by atoms with E-state index in [1.165, 1.54) is 24.4 Å². The lowest BCUT2D eigenvalue weighted by molar-refractivity contribution is 0.474. The van der Waals surface area contributed by atoms with Crippen LogP contribution in [-0.4, -0.2) is 9.78 Å². The second-order valence-corrected chi connectivity index (χ2v) is 3.18. The van der Waals surface area contributed by atoms with E-state index < -0.39 is 5.82 Å². The molecule has 80 valence electrons. The molecule has 0 saturated carbocycles. The van der Waals surface area contributed by atoms with Gasteiger partial charge in [-0.1, -0.05) is 6.07 Å². The van der Waals surface area contributed by atoms with Crippen molar-refractivity contribution >= 4 is 0 Å². The molecule has 0 radical (unpaired) electrons. The molecular formula is C11H8FN3O. The lowest BCUT2D eigenvalue weighted by atomic mass is 10.2. The fourth-order valence-corrected chi connectivity index (χ4v) is 1.28. The van der Waals surface area contributed by atoms with Crippen LogP contribution in [-0.2, 0) is 7.05 Å². The summed E-state index contributed by atoms with van der Waals surface area (Å²) in [7, 11) is 1.74. The number of benzene rings is 1. The molecule has 0 atom stereocenters. The SMILES string of the molecule is Cn1cc(Oc2cccc(F)c2C#N)cn1. The predicted octanol–water partition coefficient (Wildman–Crippen LogP) is 2.22. The summed E-state index contributed by atoms with van der Waals surface area (Å²) in [6.45, 7) is 0. The summed E-state index contributed by atoms with van der Waals surface area (Å²) in [5.74, 6) is 0.0593. The molecule has 0 aliphatic carbocycles. The molecule has 0 spiro atoms. The van der Waals surface area contributed by atoms with Gasteiger partial charge in [0.2, 0.25) is 0 Å². The normalized spacial score (nSPS) is 9.81. The Bertz CT molecular complexity index is 557. The molecule has 1 heterocycles. The fourth-order valence-electron chi connectivity index (χ4n) is 1.28. The van der Waals surface area contributed by atoms with Crippen LogP contribution in [0, 0.1) is 17.1 Å². The van der Waals surface area contributed by atoms with E-state index in [0.29, 0.717) is 5.75 Å². The number of rotatable bonds is 2. The number of ether oxygens (including phenoxy) is 1. The van der Waals surface area contributed by atoms with Gasteiger partial charge in [0, 0.05) is 7.05 Å². The first-order valence-corrected chi connectivity index (χ1v) is 4.56. The Hall–Kier alpha value is -2.35. The maximum atomic E-state index is 13.2. The summed E-state index contributed by atoms with van der Waals surface area (Å²) < 4.78 is 20.1. The Kier molecular flexibility index (Phi) is 2.56. The number of hydrogen-bond acceptors (Lipinski definition) is 3. The lowest BCUT2D eigenvalue weighted by Crippen LogP contribution is -1.90. The highest BCUT2D eigenvalue weighted by Crippen LogP contribution is 2.25. The first kappa shape index (κ1) is 10.2. The molecule has 1 aromatic carbocycles. The first-order valence-electron chi connectivity index (χ1n) is 4.56. The van der Waals surface area contributed by atoms with Crippen LogP contribution < -0.4 is 4.74 Å². The van der Waals surface area contributed by atoms with Crippen LogP contribution in [0.3, 0.4) is 0 Å². The van der Waals surface area contributed by atoms with E-state index in [0.717, 1.165) is 0 Å². The van der Waals surface area contributed by atoms with E-state index in [1.54, 1.807) is 24.0 Å². The van der Waals surface area contributed by atoms with E-state index in [-0.39, 0.29) is 11.3 Å². The van der Waals surface area contributed by atoms with Crippen LogP contribution in [0.15, 0.2) is 30.6 Å². The van der Waals surface area contributed by atoms with Gasteiger partial charge in [-0.3, -0.25) is 4.68 Å². The minimum Gasteiger partial charge on any atom is -0.453 e. The molecule has 0 aliphatic rings. The van der Waals surface area contributed by atoms with Crippen LogP contribution in [0.2, 0.25) is 0 Å². The van der Waals surface area contributed by atoms with E-state index in [4.69, 9.17) is 10.00 Å². The third-order valence-electron chi connectivity index (χ3n) is 2.00. The zero-order chi connectivity index (χ0) is 11.5. The molecule has 2 aromatic rings. The summed E-state index contributed by atoms with van der Waals surface area (Å²) in [6.07, 6.45) is 3.12. The number of nitrogens with zero attached hydrogens (tertiary/aromatic N) is 3. The average molecular weight is 217 g/mol. The third-order valence-corrected chi connectivity index (χ3v) is 2.00. The maximum Gasteiger partial charge on any atom is 0.165 e. The second kappa shape index (κ2) is 4.03. The molecule has 1 aromatic heterocycles. The zero-order valence-electron chi connectivity index (χ0n) is 8.51. The van der Waals surface area contributed by atoms with Crippen molar-refractivity contribution in [3.8, 4) is 17.6 Å².